The minimum Gasteiger partial charge on any atom is -0.349 e. The second-order valence-electron chi connectivity index (χ2n) is 6.03. The Labute approximate surface area is 136 Å². The minimum absolute atomic E-state index is 0.0404. The molecule has 1 aliphatic heterocycles. The Hall–Kier alpha value is -0.870. The summed E-state index contributed by atoms with van der Waals surface area (Å²) in [7, 11) is 0. The van der Waals surface area contributed by atoms with Crippen LogP contribution in [0.1, 0.15) is 51.1 Å². The third-order valence-corrected chi connectivity index (χ3v) is 4.96. The number of halogens is 1. The number of amides is 1. The molecule has 2 N–H and O–H groups in total. The van der Waals surface area contributed by atoms with Gasteiger partial charge in [-0.25, -0.2) is 0 Å². The van der Waals surface area contributed by atoms with Gasteiger partial charge in [0.1, 0.15) is 0 Å². The highest BCUT2D eigenvalue weighted by Gasteiger charge is 2.38. The van der Waals surface area contributed by atoms with Crippen LogP contribution in [0.15, 0.2) is 28.7 Å². The van der Waals surface area contributed by atoms with Gasteiger partial charge in [-0.1, -0.05) is 41.4 Å². The second kappa shape index (κ2) is 7.41. The quantitative estimate of drug-likeness (QED) is 0.846. The fourth-order valence-electron chi connectivity index (χ4n) is 3.18. The number of carbonyl (C=O) groups excluding carboxylic acids is 1. The van der Waals surface area contributed by atoms with E-state index in [1.54, 1.807) is 0 Å². The zero-order valence-corrected chi connectivity index (χ0v) is 14.5. The van der Waals surface area contributed by atoms with Gasteiger partial charge < -0.3 is 10.6 Å². The molecule has 1 heterocycles. The first-order valence-electron chi connectivity index (χ1n) is 7.84. The molecule has 0 saturated carbocycles. The van der Waals surface area contributed by atoms with Crippen LogP contribution < -0.4 is 10.6 Å². The number of piperidine rings is 1. The third-order valence-electron chi connectivity index (χ3n) is 4.47. The summed E-state index contributed by atoms with van der Waals surface area (Å²) in [4.78, 5) is 12.8. The summed E-state index contributed by atoms with van der Waals surface area (Å²) >= 11 is 3.49. The zero-order valence-electron chi connectivity index (χ0n) is 12.9. The molecule has 1 amide bonds. The van der Waals surface area contributed by atoms with Crippen LogP contribution in [0.3, 0.4) is 0 Å². The minimum atomic E-state index is -0.180. The SMILES string of the molecule is CCCC1(C(=O)N[C@H](C)c2cccc(Br)c2)CCNCC1. The molecule has 0 unspecified atom stereocenters. The van der Waals surface area contributed by atoms with Crippen molar-refractivity contribution in [3.63, 3.8) is 0 Å². The van der Waals surface area contributed by atoms with Gasteiger partial charge in [-0.15, -0.1) is 0 Å². The Kier molecular flexibility index (Phi) is 5.82. The highest BCUT2D eigenvalue weighted by molar-refractivity contribution is 9.10. The molecular formula is C17H25BrN2O. The van der Waals surface area contributed by atoms with Gasteiger partial charge in [-0.05, 0) is 57.0 Å². The maximum absolute atomic E-state index is 12.8. The molecule has 0 spiro atoms. The third kappa shape index (κ3) is 4.07. The van der Waals surface area contributed by atoms with Crippen molar-refractivity contribution < 1.29 is 4.79 Å². The van der Waals surface area contributed by atoms with Crippen molar-refractivity contribution in [1.82, 2.24) is 10.6 Å². The molecule has 4 heteroatoms. The molecule has 3 nitrogen and oxygen atoms in total. The van der Waals surface area contributed by atoms with Crippen LogP contribution in [0, 0.1) is 5.41 Å². The van der Waals surface area contributed by atoms with Crippen LogP contribution in [-0.2, 0) is 4.79 Å². The molecule has 1 aliphatic rings. The smallest absolute Gasteiger partial charge is 0.226 e. The van der Waals surface area contributed by atoms with Gasteiger partial charge in [-0.3, -0.25) is 4.79 Å². The van der Waals surface area contributed by atoms with Gasteiger partial charge in [0, 0.05) is 4.47 Å². The zero-order chi connectivity index (χ0) is 15.3. The number of hydrogen-bond acceptors (Lipinski definition) is 2. The maximum Gasteiger partial charge on any atom is 0.226 e. The average Bonchev–Trinajstić information content (AvgIpc) is 2.48. The van der Waals surface area contributed by atoms with Gasteiger partial charge in [-0.2, -0.15) is 0 Å². The van der Waals surface area contributed by atoms with E-state index in [1.165, 1.54) is 0 Å². The first-order chi connectivity index (χ1) is 10.1. The summed E-state index contributed by atoms with van der Waals surface area (Å²) in [5.41, 5.74) is 0.957. The number of carbonyl (C=O) groups is 1. The molecule has 1 fully saturated rings. The van der Waals surface area contributed by atoms with Crippen molar-refractivity contribution in [3.8, 4) is 0 Å². The van der Waals surface area contributed by atoms with E-state index in [4.69, 9.17) is 0 Å². The van der Waals surface area contributed by atoms with Crippen LogP contribution in [0.4, 0.5) is 0 Å². The van der Waals surface area contributed by atoms with Gasteiger partial charge in [0.15, 0.2) is 0 Å². The van der Waals surface area contributed by atoms with Crippen molar-refractivity contribution in [2.24, 2.45) is 5.41 Å². The van der Waals surface area contributed by atoms with E-state index in [9.17, 15) is 4.79 Å². The van der Waals surface area contributed by atoms with Crippen molar-refractivity contribution in [2.75, 3.05) is 13.1 Å². The molecule has 1 aromatic rings. The van der Waals surface area contributed by atoms with Crippen molar-refractivity contribution >= 4 is 21.8 Å². The standard InChI is InChI=1S/C17H25BrN2O/c1-3-7-17(8-10-19-11-9-17)16(21)20-13(2)14-5-4-6-15(18)12-14/h4-6,12-13,19H,3,7-11H2,1-2H3,(H,20,21)/t13-/m1/s1. The summed E-state index contributed by atoms with van der Waals surface area (Å²) in [6, 6.07) is 8.18. The Morgan fingerprint density at radius 2 is 2.14 bits per heavy atom. The van der Waals surface area contributed by atoms with E-state index < -0.39 is 0 Å². The van der Waals surface area contributed by atoms with E-state index in [2.05, 4.69) is 52.5 Å². The molecule has 116 valence electrons. The van der Waals surface area contributed by atoms with Crippen LogP contribution in [0.2, 0.25) is 0 Å². The van der Waals surface area contributed by atoms with Crippen LogP contribution in [-0.4, -0.2) is 19.0 Å². The van der Waals surface area contributed by atoms with E-state index >= 15 is 0 Å². The lowest BCUT2D eigenvalue weighted by molar-refractivity contribution is -0.133. The normalized spacial score (nSPS) is 19.0. The molecule has 0 bridgehead atoms. The van der Waals surface area contributed by atoms with Crippen LogP contribution in [0.5, 0.6) is 0 Å². The lowest BCUT2D eigenvalue weighted by Gasteiger charge is -2.37. The fraction of sp³-hybridized carbons (Fsp3) is 0.588. The largest absolute Gasteiger partial charge is 0.349 e. The highest BCUT2D eigenvalue weighted by Crippen LogP contribution is 2.35. The summed E-state index contributed by atoms with van der Waals surface area (Å²) in [6.45, 7) is 6.10. The fourth-order valence-corrected chi connectivity index (χ4v) is 3.60. The van der Waals surface area contributed by atoms with Gasteiger partial charge in [0.25, 0.3) is 0 Å². The van der Waals surface area contributed by atoms with Crippen LogP contribution in [0.25, 0.3) is 0 Å². The topological polar surface area (TPSA) is 41.1 Å². The number of nitrogens with one attached hydrogen (secondary N) is 2. The van der Waals surface area contributed by atoms with Gasteiger partial charge in [0.05, 0.1) is 11.5 Å². The van der Waals surface area contributed by atoms with Gasteiger partial charge in [0.2, 0.25) is 5.91 Å². The molecular weight excluding hydrogens is 328 g/mol. The highest BCUT2D eigenvalue weighted by atomic mass is 79.9. The average molecular weight is 353 g/mol. The van der Waals surface area contributed by atoms with Crippen molar-refractivity contribution in [2.45, 2.75) is 45.6 Å². The molecule has 0 radical (unpaired) electrons. The monoisotopic (exact) mass is 352 g/mol. The van der Waals surface area contributed by atoms with E-state index in [0.717, 1.165) is 48.8 Å². The van der Waals surface area contributed by atoms with Crippen molar-refractivity contribution in [1.29, 1.82) is 0 Å². The Bertz CT molecular complexity index is 478. The number of hydrogen-bond donors (Lipinski definition) is 2. The molecule has 0 aliphatic carbocycles. The molecule has 0 aromatic heterocycles. The Balaban J connectivity index is 2.07. The lowest BCUT2D eigenvalue weighted by atomic mass is 9.74. The predicted octanol–water partition coefficient (Wildman–Crippen LogP) is 3.80. The van der Waals surface area contributed by atoms with E-state index in [-0.39, 0.29) is 17.4 Å². The molecule has 1 atom stereocenters. The Morgan fingerprint density at radius 3 is 2.76 bits per heavy atom. The summed E-state index contributed by atoms with van der Waals surface area (Å²) in [5, 5.41) is 6.59. The number of rotatable bonds is 5. The van der Waals surface area contributed by atoms with Crippen LogP contribution >= 0.6 is 15.9 Å². The summed E-state index contributed by atoms with van der Waals surface area (Å²) < 4.78 is 1.05. The number of benzene rings is 1. The van der Waals surface area contributed by atoms with Crippen molar-refractivity contribution in [3.05, 3.63) is 34.3 Å². The van der Waals surface area contributed by atoms with E-state index in [1.807, 2.05) is 12.1 Å². The summed E-state index contributed by atoms with van der Waals surface area (Å²) in [6.07, 6.45) is 3.92. The molecule has 1 saturated heterocycles. The second-order valence-corrected chi connectivity index (χ2v) is 6.95. The van der Waals surface area contributed by atoms with E-state index in [0.29, 0.717) is 0 Å². The maximum atomic E-state index is 12.8. The summed E-state index contributed by atoms with van der Waals surface area (Å²) in [5.74, 6) is 0.221. The first-order valence-corrected chi connectivity index (χ1v) is 8.64. The lowest BCUT2D eigenvalue weighted by Crippen LogP contribution is -2.48. The molecule has 2 rings (SSSR count). The Morgan fingerprint density at radius 1 is 1.43 bits per heavy atom. The first kappa shape index (κ1) is 16.5. The van der Waals surface area contributed by atoms with Gasteiger partial charge >= 0.3 is 0 Å². The molecule has 21 heavy (non-hydrogen) atoms. The molecule has 1 aromatic carbocycles. The predicted molar refractivity (Wildman–Crippen MR) is 90.1 cm³/mol.